The first-order chi connectivity index (χ1) is 9.24. The molecule has 2 fully saturated rings. The number of carbonyl (C=O) groups excluding carboxylic acids is 1. The van der Waals surface area contributed by atoms with Crippen molar-refractivity contribution < 1.29 is 4.79 Å². The Labute approximate surface area is 119 Å². The van der Waals surface area contributed by atoms with Crippen LogP contribution in [0.4, 0.5) is 0 Å². The molecule has 1 saturated heterocycles. The molecule has 0 N–H and O–H groups in total. The van der Waals surface area contributed by atoms with Crippen LogP contribution in [0.3, 0.4) is 0 Å². The predicted octanol–water partition coefficient (Wildman–Crippen LogP) is 3.79. The molecule has 1 aromatic rings. The minimum atomic E-state index is 0.203. The van der Waals surface area contributed by atoms with Crippen molar-refractivity contribution in [3.8, 4) is 0 Å². The fourth-order valence-electron chi connectivity index (χ4n) is 3.64. The molecule has 2 atom stereocenters. The van der Waals surface area contributed by atoms with Crippen LogP contribution in [0.2, 0.25) is 5.02 Å². The zero-order valence-electron chi connectivity index (χ0n) is 11.1. The first-order valence-electron chi connectivity index (χ1n) is 7.27. The molecule has 3 rings (SSSR count). The number of rotatable bonds is 3. The molecule has 0 bridgehead atoms. The van der Waals surface area contributed by atoms with Gasteiger partial charge in [-0.3, -0.25) is 9.69 Å². The zero-order valence-corrected chi connectivity index (χ0v) is 11.9. The average Bonchev–Trinajstić information content (AvgIpc) is 2.82. The number of benzene rings is 1. The summed E-state index contributed by atoms with van der Waals surface area (Å²) in [5.74, 6) is 1.04. The highest BCUT2D eigenvalue weighted by molar-refractivity contribution is 6.31. The van der Waals surface area contributed by atoms with Crippen LogP contribution in [0.5, 0.6) is 0 Å². The summed E-state index contributed by atoms with van der Waals surface area (Å²) in [4.78, 5) is 14.7. The number of ketones is 1. The molecule has 0 aromatic heterocycles. The number of nitrogens with zero attached hydrogens (tertiary/aromatic N) is 1. The van der Waals surface area contributed by atoms with Gasteiger partial charge in [0.2, 0.25) is 0 Å². The van der Waals surface area contributed by atoms with E-state index in [1.807, 2.05) is 18.2 Å². The van der Waals surface area contributed by atoms with Crippen molar-refractivity contribution in [3.63, 3.8) is 0 Å². The Morgan fingerprint density at radius 1 is 1.26 bits per heavy atom. The molecule has 0 radical (unpaired) electrons. The van der Waals surface area contributed by atoms with Crippen LogP contribution < -0.4 is 0 Å². The van der Waals surface area contributed by atoms with Gasteiger partial charge in [-0.05, 0) is 43.9 Å². The van der Waals surface area contributed by atoms with Gasteiger partial charge < -0.3 is 0 Å². The maximum atomic E-state index is 12.3. The Morgan fingerprint density at radius 3 is 2.95 bits per heavy atom. The topological polar surface area (TPSA) is 20.3 Å². The summed E-state index contributed by atoms with van der Waals surface area (Å²) in [6.07, 6.45) is 6.59. The third kappa shape index (κ3) is 2.85. The first kappa shape index (κ1) is 13.1. The second kappa shape index (κ2) is 5.64. The number of Topliss-reactive ketones (excluding diaryl/α,β-unsaturated/α-hetero) is 1. The van der Waals surface area contributed by atoms with Crippen molar-refractivity contribution >= 4 is 17.4 Å². The van der Waals surface area contributed by atoms with Crippen molar-refractivity contribution in [1.82, 2.24) is 4.90 Å². The van der Waals surface area contributed by atoms with Gasteiger partial charge in [-0.25, -0.2) is 0 Å². The highest BCUT2D eigenvalue weighted by atomic mass is 35.5. The summed E-state index contributed by atoms with van der Waals surface area (Å²) < 4.78 is 0. The van der Waals surface area contributed by atoms with E-state index in [2.05, 4.69) is 4.90 Å². The van der Waals surface area contributed by atoms with Crippen molar-refractivity contribution in [2.45, 2.75) is 38.1 Å². The summed E-state index contributed by atoms with van der Waals surface area (Å²) >= 11 is 5.95. The van der Waals surface area contributed by atoms with Crippen LogP contribution >= 0.6 is 11.6 Å². The minimum Gasteiger partial charge on any atom is -0.293 e. The summed E-state index contributed by atoms with van der Waals surface area (Å²) in [7, 11) is 0. The van der Waals surface area contributed by atoms with Crippen LogP contribution in [0.15, 0.2) is 24.3 Å². The molecule has 1 aliphatic carbocycles. The van der Waals surface area contributed by atoms with Crippen molar-refractivity contribution in [2.24, 2.45) is 5.92 Å². The first-order valence-corrected chi connectivity index (χ1v) is 7.64. The molecule has 1 saturated carbocycles. The Balaban J connectivity index is 1.66. The van der Waals surface area contributed by atoms with Gasteiger partial charge >= 0.3 is 0 Å². The van der Waals surface area contributed by atoms with E-state index in [1.54, 1.807) is 6.07 Å². The average molecular weight is 278 g/mol. The number of likely N-dealkylation sites (tertiary alicyclic amines) is 1. The van der Waals surface area contributed by atoms with Crippen LogP contribution in [-0.2, 0) is 0 Å². The lowest BCUT2D eigenvalue weighted by Crippen LogP contribution is -2.38. The molecule has 2 aliphatic rings. The molecular weight excluding hydrogens is 258 g/mol. The van der Waals surface area contributed by atoms with Crippen LogP contribution in [0.1, 0.15) is 42.5 Å². The summed E-state index contributed by atoms with van der Waals surface area (Å²) in [5, 5.41) is 0.641. The standard InChI is InChI=1S/C16H20ClNO/c17-14-6-3-5-13(10-14)16(19)11-18-9-8-12-4-1-2-7-15(12)18/h3,5-6,10,12,15H,1-2,4,7-9,11H2. The molecule has 2 nitrogen and oxygen atoms in total. The number of hydrogen-bond acceptors (Lipinski definition) is 2. The second-order valence-electron chi connectivity index (χ2n) is 5.80. The largest absolute Gasteiger partial charge is 0.293 e. The number of hydrogen-bond donors (Lipinski definition) is 0. The maximum absolute atomic E-state index is 12.3. The SMILES string of the molecule is O=C(CN1CCC2CCCCC21)c1cccc(Cl)c1. The molecule has 19 heavy (non-hydrogen) atoms. The van der Waals surface area contributed by atoms with E-state index >= 15 is 0 Å². The molecular formula is C16H20ClNO. The molecule has 1 aromatic carbocycles. The lowest BCUT2D eigenvalue weighted by molar-refractivity contribution is 0.0896. The molecule has 0 amide bonds. The summed E-state index contributed by atoms with van der Waals surface area (Å²) in [6.45, 7) is 1.64. The van der Waals surface area contributed by atoms with Crippen LogP contribution in [0, 0.1) is 5.92 Å². The smallest absolute Gasteiger partial charge is 0.176 e. The van der Waals surface area contributed by atoms with E-state index in [9.17, 15) is 4.79 Å². The van der Waals surface area contributed by atoms with E-state index in [0.29, 0.717) is 17.6 Å². The molecule has 1 aliphatic heterocycles. The van der Waals surface area contributed by atoms with Gasteiger partial charge in [-0.2, -0.15) is 0 Å². The highest BCUT2D eigenvalue weighted by Crippen LogP contribution is 2.36. The predicted molar refractivity (Wildman–Crippen MR) is 77.7 cm³/mol. The molecule has 0 spiro atoms. The van der Waals surface area contributed by atoms with E-state index in [-0.39, 0.29) is 5.78 Å². The van der Waals surface area contributed by atoms with Gasteiger partial charge in [-0.1, -0.05) is 36.6 Å². The van der Waals surface area contributed by atoms with Gasteiger partial charge in [0.05, 0.1) is 6.54 Å². The number of halogens is 1. The summed E-state index contributed by atoms with van der Waals surface area (Å²) in [5.41, 5.74) is 0.742. The van der Waals surface area contributed by atoms with Crippen LogP contribution in [0.25, 0.3) is 0 Å². The third-order valence-electron chi connectivity index (χ3n) is 4.62. The lowest BCUT2D eigenvalue weighted by Gasteiger charge is -2.31. The maximum Gasteiger partial charge on any atom is 0.176 e. The fourth-order valence-corrected chi connectivity index (χ4v) is 3.83. The number of fused-ring (bicyclic) bond motifs is 1. The lowest BCUT2D eigenvalue weighted by atomic mass is 9.85. The van der Waals surface area contributed by atoms with Gasteiger partial charge in [-0.15, -0.1) is 0 Å². The van der Waals surface area contributed by atoms with E-state index in [1.165, 1.54) is 32.1 Å². The second-order valence-corrected chi connectivity index (χ2v) is 6.24. The Morgan fingerprint density at radius 2 is 2.11 bits per heavy atom. The molecule has 3 heteroatoms. The Kier molecular flexibility index (Phi) is 3.90. The Hall–Kier alpha value is -0.860. The van der Waals surface area contributed by atoms with Crippen LogP contribution in [-0.4, -0.2) is 29.8 Å². The normalized spacial score (nSPS) is 27.2. The van der Waals surface area contributed by atoms with Gasteiger partial charge in [0.15, 0.2) is 5.78 Å². The van der Waals surface area contributed by atoms with Gasteiger partial charge in [0, 0.05) is 16.6 Å². The molecule has 2 unspecified atom stereocenters. The Bertz CT molecular complexity index is 474. The fraction of sp³-hybridized carbons (Fsp3) is 0.562. The quantitative estimate of drug-likeness (QED) is 0.784. The zero-order chi connectivity index (χ0) is 13.2. The van der Waals surface area contributed by atoms with E-state index in [4.69, 9.17) is 11.6 Å². The number of carbonyl (C=O) groups is 1. The third-order valence-corrected chi connectivity index (χ3v) is 4.85. The van der Waals surface area contributed by atoms with E-state index < -0.39 is 0 Å². The molecule has 1 heterocycles. The molecule has 102 valence electrons. The minimum absolute atomic E-state index is 0.203. The van der Waals surface area contributed by atoms with Gasteiger partial charge in [0.25, 0.3) is 0 Å². The van der Waals surface area contributed by atoms with E-state index in [0.717, 1.165) is 18.0 Å². The highest BCUT2D eigenvalue weighted by Gasteiger charge is 2.36. The van der Waals surface area contributed by atoms with Crippen molar-refractivity contribution in [3.05, 3.63) is 34.9 Å². The summed E-state index contributed by atoms with van der Waals surface area (Å²) in [6, 6.07) is 7.95. The monoisotopic (exact) mass is 277 g/mol. The van der Waals surface area contributed by atoms with Gasteiger partial charge in [0.1, 0.15) is 0 Å². The van der Waals surface area contributed by atoms with Crippen molar-refractivity contribution in [2.75, 3.05) is 13.1 Å². The van der Waals surface area contributed by atoms with Crippen molar-refractivity contribution in [1.29, 1.82) is 0 Å².